The second-order valence-electron chi connectivity index (χ2n) is 8.79. The van der Waals surface area contributed by atoms with Crippen molar-refractivity contribution >= 4 is 11.7 Å². The molecular formula is C26H35N3O2. The van der Waals surface area contributed by atoms with Crippen LogP contribution in [0.5, 0.6) is 5.75 Å². The average molecular weight is 422 g/mol. The Hall–Kier alpha value is -2.53. The summed E-state index contributed by atoms with van der Waals surface area (Å²) in [7, 11) is 0. The minimum atomic E-state index is -0.0307. The molecule has 2 fully saturated rings. The van der Waals surface area contributed by atoms with Crippen molar-refractivity contribution in [1.29, 1.82) is 0 Å². The minimum Gasteiger partial charge on any atom is -0.492 e. The number of amides is 2. The third-order valence-electron chi connectivity index (χ3n) is 6.48. The third kappa shape index (κ3) is 6.01. The summed E-state index contributed by atoms with van der Waals surface area (Å²) in [6.07, 6.45) is 5.89. The number of urea groups is 1. The Kier molecular flexibility index (Phi) is 7.47. The van der Waals surface area contributed by atoms with Gasteiger partial charge in [-0.3, -0.25) is 4.90 Å². The summed E-state index contributed by atoms with van der Waals surface area (Å²) in [5.41, 5.74) is 3.58. The fourth-order valence-electron chi connectivity index (χ4n) is 4.70. The van der Waals surface area contributed by atoms with Crippen molar-refractivity contribution in [1.82, 2.24) is 9.80 Å². The molecule has 0 saturated carbocycles. The van der Waals surface area contributed by atoms with Gasteiger partial charge >= 0.3 is 6.03 Å². The number of benzene rings is 2. The second-order valence-corrected chi connectivity index (χ2v) is 8.79. The standard InChI is InChI=1S/C26H35N3O2/c1-2-31-25-8-4-3-7-24(25)27-26(30)29-17-13-22(14-18-29)19-21-9-11-23(12-10-21)20-28-15-5-6-16-28/h3-4,7-12,22H,2,5-6,13-20H2,1H3,(H,27,30). The number of para-hydroxylation sites is 2. The van der Waals surface area contributed by atoms with E-state index in [9.17, 15) is 4.79 Å². The maximum absolute atomic E-state index is 12.7. The van der Waals surface area contributed by atoms with Gasteiger partial charge in [-0.2, -0.15) is 0 Å². The molecule has 31 heavy (non-hydrogen) atoms. The molecule has 2 saturated heterocycles. The lowest BCUT2D eigenvalue weighted by Crippen LogP contribution is -2.41. The molecule has 5 heteroatoms. The van der Waals surface area contributed by atoms with Crippen LogP contribution in [0.2, 0.25) is 0 Å². The number of ether oxygens (including phenoxy) is 1. The van der Waals surface area contributed by atoms with E-state index in [1.165, 1.54) is 37.1 Å². The molecule has 5 nitrogen and oxygen atoms in total. The molecule has 0 aliphatic carbocycles. The first-order chi connectivity index (χ1) is 15.2. The first-order valence-corrected chi connectivity index (χ1v) is 11.8. The average Bonchev–Trinajstić information content (AvgIpc) is 3.30. The van der Waals surface area contributed by atoms with Crippen molar-refractivity contribution in [2.24, 2.45) is 5.92 Å². The van der Waals surface area contributed by atoms with Gasteiger partial charge in [-0.05, 0) is 81.3 Å². The zero-order chi connectivity index (χ0) is 21.5. The Labute approximate surface area is 186 Å². The van der Waals surface area contributed by atoms with Crippen molar-refractivity contribution < 1.29 is 9.53 Å². The molecule has 4 rings (SSSR count). The van der Waals surface area contributed by atoms with Gasteiger partial charge in [-0.25, -0.2) is 4.79 Å². The lowest BCUT2D eigenvalue weighted by Gasteiger charge is -2.32. The molecule has 0 bridgehead atoms. The lowest BCUT2D eigenvalue weighted by atomic mass is 9.90. The predicted octanol–water partition coefficient (Wildman–Crippen LogP) is 5.17. The van der Waals surface area contributed by atoms with Crippen LogP contribution >= 0.6 is 0 Å². The molecule has 2 amide bonds. The summed E-state index contributed by atoms with van der Waals surface area (Å²) in [6, 6.07) is 16.8. The van der Waals surface area contributed by atoms with Crippen LogP contribution < -0.4 is 10.1 Å². The molecule has 2 aliphatic rings. The van der Waals surface area contributed by atoms with E-state index in [0.717, 1.165) is 50.3 Å². The highest BCUT2D eigenvalue weighted by Gasteiger charge is 2.23. The van der Waals surface area contributed by atoms with Crippen LogP contribution in [-0.2, 0) is 13.0 Å². The molecule has 166 valence electrons. The first-order valence-electron chi connectivity index (χ1n) is 11.8. The topological polar surface area (TPSA) is 44.8 Å². The minimum absolute atomic E-state index is 0.0307. The Morgan fingerprint density at radius 2 is 1.65 bits per heavy atom. The van der Waals surface area contributed by atoms with Crippen LogP contribution in [0.1, 0.15) is 43.7 Å². The van der Waals surface area contributed by atoms with E-state index >= 15 is 0 Å². The number of carbonyl (C=O) groups excluding carboxylic acids is 1. The van der Waals surface area contributed by atoms with E-state index in [0.29, 0.717) is 12.5 Å². The highest BCUT2D eigenvalue weighted by atomic mass is 16.5. The largest absolute Gasteiger partial charge is 0.492 e. The van der Waals surface area contributed by atoms with Crippen LogP contribution in [0, 0.1) is 5.92 Å². The number of nitrogens with zero attached hydrogens (tertiary/aromatic N) is 2. The smallest absolute Gasteiger partial charge is 0.321 e. The number of hydrogen-bond acceptors (Lipinski definition) is 3. The van der Waals surface area contributed by atoms with Crippen molar-refractivity contribution in [3.05, 3.63) is 59.7 Å². The van der Waals surface area contributed by atoms with Gasteiger partial charge in [0.15, 0.2) is 0 Å². The molecule has 0 aromatic heterocycles. The highest BCUT2D eigenvalue weighted by Crippen LogP contribution is 2.26. The van der Waals surface area contributed by atoms with Crippen LogP contribution in [0.3, 0.4) is 0 Å². The summed E-state index contributed by atoms with van der Waals surface area (Å²) in [5.74, 6) is 1.37. The van der Waals surface area contributed by atoms with E-state index < -0.39 is 0 Å². The summed E-state index contributed by atoms with van der Waals surface area (Å²) in [5, 5.41) is 3.02. The van der Waals surface area contributed by atoms with E-state index in [-0.39, 0.29) is 6.03 Å². The number of carbonyl (C=O) groups is 1. The van der Waals surface area contributed by atoms with Gasteiger partial charge in [0.05, 0.1) is 12.3 Å². The Bertz CT molecular complexity index is 838. The van der Waals surface area contributed by atoms with Gasteiger partial charge in [-0.15, -0.1) is 0 Å². The number of anilines is 1. The quantitative estimate of drug-likeness (QED) is 0.671. The molecular weight excluding hydrogens is 386 g/mol. The number of rotatable bonds is 7. The summed E-state index contributed by atoms with van der Waals surface area (Å²) in [4.78, 5) is 17.2. The zero-order valence-corrected chi connectivity index (χ0v) is 18.7. The Morgan fingerprint density at radius 3 is 2.35 bits per heavy atom. The molecule has 1 N–H and O–H groups in total. The van der Waals surface area contributed by atoms with Gasteiger partial charge in [0.25, 0.3) is 0 Å². The number of likely N-dealkylation sites (tertiary alicyclic amines) is 2. The molecule has 2 aromatic carbocycles. The third-order valence-corrected chi connectivity index (χ3v) is 6.48. The number of piperidine rings is 1. The first kappa shape index (κ1) is 21.7. The number of hydrogen-bond donors (Lipinski definition) is 1. The fraction of sp³-hybridized carbons (Fsp3) is 0.500. The van der Waals surface area contributed by atoms with Crippen molar-refractivity contribution in [2.45, 2.75) is 45.6 Å². The summed E-state index contributed by atoms with van der Waals surface area (Å²) in [6.45, 7) is 7.71. The van der Waals surface area contributed by atoms with Gasteiger partial charge < -0.3 is 15.0 Å². The summed E-state index contributed by atoms with van der Waals surface area (Å²) >= 11 is 0. The van der Waals surface area contributed by atoms with Crippen LogP contribution in [0.25, 0.3) is 0 Å². The fourth-order valence-corrected chi connectivity index (χ4v) is 4.70. The van der Waals surface area contributed by atoms with Crippen LogP contribution in [0.15, 0.2) is 48.5 Å². The second kappa shape index (κ2) is 10.7. The van der Waals surface area contributed by atoms with Crippen LogP contribution in [-0.4, -0.2) is 48.6 Å². The molecule has 0 radical (unpaired) electrons. The van der Waals surface area contributed by atoms with Crippen LogP contribution in [0.4, 0.5) is 10.5 Å². The van der Waals surface area contributed by atoms with Crippen molar-refractivity contribution in [2.75, 3.05) is 38.1 Å². The molecule has 0 atom stereocenters. The van der Waals surface area contributed by atoms with E-state index in [1.54, 1.807) is 0 Å². The van der Waals surface area contributed by atoms with Crippen molar-refractivity contribution in [3.63, 3.8) is 0 Å². The molecule has 0 spiro atoms. The van der Waals surface area contributed by atoms with E-state index in [2.05, 4.69) is 34.5 Å². The number of nitrogens with one attached hydrogen (secondary N) is 1. The van der Waals surface area contributed by atoms with Gasteiger partial charge in [0, 0.05) is 19.6 Å². The maximum Gasteiger partial charge on any atom is 0.321 e. The molecule has 2 heterocycles. The maximum atomic E-state index is 12.7. The van der Waals surface area contributed by atoms with Gasteiger partial charge in [-0.1, -0.05) is 36.4 Å². The molecule has 2 aromatic rings. The predicted molar refractivity (Wildman–Crippen MR) is 126 cm³/mol. The van der Waals surface area contributed by atoms with E-state index in [1.807, 2.05) is 36.1 Å². The van der Waals surface area contributed by atoms with Gasteiger partial charge in [0.2, 0.25) is 0 Å². The molecule has 0 unspecified atom stereocenters. The zero-order valence-electron chi connectivity index (χ0n) is 18.7. The SMILES string of the molecule is CCOc1ccccc1NC(=O)N1CCC(Cc2ccc(CN3CCCC3)cc2)CC1. The normalized spacial score (nSPS) is 17.6. The molecule has 2 aliphatic heterocycles. The summed E-state index contributed by atoms with van der Waals surface area (Å²) < 4.78 is 5.62. The highest BCUT2D eigenvalue weighted by molar-refractivity contribution is 5.91. The lowest BCUT2D eigenvalue weighted by molar-refractivity contribution is 0.182. The Morgan fingerprint density at radius 1 is 0.968 bits per heavy atom. The Balaban J connectivity index is 1.23. The van der Waals surface area contributed by atoms with Gasteiger partial charge in [0.1, 0.15) is 5.75 Å². The van der Waals surface area contributed by atoms with E-state index in [4.69, 9.17) is 4.74 Å². The van der Waals surface area contributed by atoms with Crippen molar-refractivity contribution in [3.8, 4) is 5.75 Å². The monoisotopic (exact) mass is 421 g/mol.